The summed E-state index contributed by atoms with van der Waals surface area (Å²) < 4.78 is 31.7. The van der Waals surface area contributed by atoms with E-state index in [1.807, 2.05) is 18.2 Å². The van der Waals surface area contributed by atoms with E-state index in [1.165, 1.54) is 0 Å². The number of alkyl halides is 3. The van der Waals surface area contributed by atoms with Gasteiger partial charge in [0, 0.05) is 11.1 Å². The van der Waals surface area contributed by atoms with Crippen LogP contribution >= 0.6 is 0 Å². The number of aliphatic carboxylic acids is 1. The standard InChI is InChI=1S/C7H7N3.C2HF3O2/c8-6-1-2-7-5(3-6)4-9-10-7;3-2(4,5)1(6)7/h1-4H,8H2,(H,9,10);(H,6,7). The number of hydrogen-bond acceptors (Lipinski definition) is 3. The summed E-state index contributed by atoms with van der Waals surface area (Å²) in [6.45, 7) is 0. The molecule has 2 rings (SSSR count). The maximum atomic E-state index is 10.6. The maximum Gasteiger partial charge on any atom is 0.490 e. The number of aromatic amines is 1. The predicted molar refractivity (Wildman–Crippen MR) is 54.2 cm³/mol. The Labute approximate surface area is 93.0 Å². The summed E-state index contributed by atoms with van der Waals surface area (Å²) in [5.74, 6) is -2.76. The van der Waals surface area contributed by atoms with Gasteiger partial charge in [0.1, 0.15) is 0 Å². The van der Waals surface area contributed by atoms with Crippen LogP contribution in [0.1, 0.15) is 0 Å². The van der Waals surface area contributed by atoms with Gasteiger partial charge in [-0.1, -0.05) is 0 Å². The van der Waals surface area contributed by atoms with E-state index < -0.39 is 12.1 Å². The fourth-order valence-electron chi connectivity index (χ4n) is 0.961. The first-order valence-corrected chi connectivity index (χ1v) is 4.29. The van der Waals surface area contributed by atoms with Crippen LogP contribution in [-0.4, -0.2) is 27.4 Å². The first-order valence-electron chi connectivity index (χ1n) is 4.29. The third-order valence-electron chi connectivity index (χ3n) is 1.71. The van der Waals surface area contributed by atoms with Crippen molar-refractivity contribution < 1.29 is 23.1 Å². The number of carboxylic acid groups (broad SMARTS) is 1. The summed E-state index contributed by atoms with van der Waals surface area (Å²) in [6.07, 6.45) is -3.33. The Morgan fingerprint density at radius 1 is 1.41 bits per heavy atom. The van der Waals surface area contributed by atoms with Gasteiger partial charge in [0.2, 0.25) is 0 Å². The Hall–Kier alpha value is -2.25. The van der Waals surface area contributed by atoms with E-state index in [2.05, 4.69) is 10.2 Å². The number of hydrogen-bond donors (Lipinski definition) is 3. The topological polar surface area (TPSA) is 92.0 Å². The second-order valence-corrected chi connectivity index (χ2v) is 3.02. The van der Waals surface area contributed by atoms with Gasteiger partial charge in [-0.2, -0.15) is 18.3 Å². The highest BCUT2D eigenvalue weighted by Crippen LogP contribution is 2.13. The predicted octanol–water partition coefficient (Wildman–Crippen LogP) is 1.78. The summed E-state index contributed by atoms with van der Waals surface area (Å²) in [5, 5.41) is 14.9. The number of H-pyrrole nitrogens is 1. The third kappa shape index (κ3) is 3.67. The van der Waals surface area contributed by atoms with Crippen molar-refractivity contribution in [2.45, 2.75) is 6.18 Å². The van der Waals surface area contributed by atoms with Crippen LogP contribution in [0.5, 0.6) is 0 Å². The van der Waals surface area contributed by atoms with E-state index >= 15 is 0 Å². The second-order valence-electron chi connectivity index (χ2n) is 3.02. The van der Waals surface area contributed by atoms with Crippen molar-refractivity contribution in [2.24, 2.45) is 0 Å². The van der Waals surface area contributed by atoms with Crippen LogP contribution in [0, 0.1) is 0 Å². The molecule has 0 aliphatic rings. The van der Waals surface area contributed by atoms with E-state index in [1.54, 1.807) is 6.20 Å². The van der Waals surface area contributed by atoms with Crippen molar-refractivity contribution in [3.05, 3.63) is 24.4 Å². The second kappa shape index (κ2) is 4.73. The summed E-state index contributed by atoms with van der Waals surface area (Å²) in [7, 11) is 0. The molecule has 0 aliphatic heterocycles. The van der Waals surface area contributed by atoms with Crippen LogP contribution < -0.4 is 5.73 Å². The number of aromatic nitrogens is 2. The quantitative estimate of drug-likeness (QED) is 0.618. The van der Waals surface area contributed by atoms with E-state index in [-0.39, 0.29) is 0 Å². The van der Waals surface area contributed by atoms with Gasteiger partial charge in [0.25, 0.3) is 0 Å². The van der Waals surface area contributed by atoms with E-state index in [4.69, 9.17) is 15.6 Å². The Kier molecular flexibility index (Phi) is 3.56. The van der Waals surface area contributed by atoms with Crippen molar-refractivity contribution >= 4 is 22.6 Å². The number of nitrogen functional groups attached to an aromatic ring is 1. The number of anilines is 1. The smallest absolute Gasteiger partial charge is 0.475 e. The lowest BCUT2D eigenvalue weighted by atomic mass is 10.2. The normalized spacial score (nSPS) is 10.8. The molecule has 2 aromatic rings. The van der Waals surface area contributed by atoms with E-state index in [9.17, 15) is 13.2 Å². The van der Waals surface area contributed by atoms with Gasteiger partial charge < -0.3 is 10.8 Å². The molecule has 0 fully saturated rings. The highest BCUT2D eigenvalue weighted by Gasteiger charge is 2.38. The molecule has 0 atom stereocenters. The first kappa shape index (κ1) is 12.8. The van der Waals surface area contributed by atoms with Crippen LogP contribution in [0.25, 0.3) is 10.9 Å². The molecule has 0 saturated carbocycles. The van der Waals surface area contributed by atoms with Crippen LogP contribution in [0.2, 0.25) is 0 Å². The molecule has 0 radical (unpaired) electrons. The van der Waals surface area contributed by atoms with Crippen LogP contribution in [-0.2, 0) is 4.79 Å². The maximum absolute atomic E-state index is 10.6. The summed E-state index contributed by atoms with van der Waals surface area (Å²) in [5.41, 5.74) is 7.34. The van der Waals surface area contributed by atoms with Crippen LogP contribution in [0.3, 0.4) is 0 Å². The molecule has 4 N–H and O–H groups in total. The number of nitrogens with zero attached hydrogens (tertiary/aromatic N) is 1. The number of nitrogens with two attached hydrogens (primary N) is 1. The Morgan fingerprint density at radius 2 is 2.00 bits per heavy atom. The van der Waals surface area contributed by atoms with Crippen molar-refractivity contribution in [2.75, 3.05) is 5.73 Å². The number of carbonyl (C=O) groups is 1. The lowest BCUT2D eigenvalue weighted by Gasteiger charge is -1.93. The molecule has 5 nitrogen and oxygen atoms in total. The molecule has 1 aromatic carbocycles. The van der Waals surface area contributed by atoms with Gasteiger partial charge in [0.15, 0.2) is 0 Å². The highest BCUT2D eigenvalue weighted by atomic mass is 19.4. The molecular weight excluding hydrogens is 239 g/mol. The fraction of sp³-hybridized carbons (Fsp3) is 0.111. The zero-order chi connectivity index (χ0) is 13.1. The van der Waals surface area contributed by atoms with Gasteiger partial charge in [-0.3, -0.25) is 5.10 Å². The first-order chi connectivity index (χ1) is 7.80. The monoisotopic (exact) mass is 247 g/mol. The molecule has 0 amide bonds. The molecule has 1 aromatic heterocycles. The lowest BCUT2D eigenvalue weighted by molar-refractivity contribution is -0.192. The molecule has 1 heterocycles. The number of carboxylic acids is 1. The number of benzene rings is 1. The summed E-state index contributed by atoms with van der Waals surface area (Å²) >= 11 is 0. The van der Waals surface area contributed by atoms with E-state index in [0.717, 1.165) is 16.6 Å². The highest BCUT2D eigenvalue weighted by molar-refractivity contribution is 5.81. The molecule has 92 valence electrons. The van der Waals surface area contributed by atoms with Crippen molar-refractivity contribution in [3.8, 4) is 0 Å². The average Bonchev–Trinajstić information content (AvgIpc) is 2.63. The minimum atomic E-state index is -5.08. The Morgan fingerprint density at radius 3 is 2.53 bits per heavy atom. The Balaban J connectivity index is 0.000000185. The minimum absolute atomic E-state index is 0.772. The fourth-order valence-corrected chi connectivity index (χ4v) is 0.961. The number of nitrogens with one attached hydrogen (secondary N) is 1. The molecule has 0 spiro atoms. The molecule has 0 unspecified atom stereocenters. The SMILES string of the molecule is Nc1ccc2[nH]ncc2c1.O=C(O)C(F)(F)F. The van der Waals surface area contributed by atoms with Gasteiger partial charge in [0.05, 0.1) is 11.7 Å². The summed E-state index contributed by atoms with van der Waals surface area (Å²) in [4.78, 5) is 8.90. The molecule has 8 heteroatoms. The van der Waals surface area contributed by atoms with Gasteiger partial charge in [-0.15, -0.1) is 0 Å². The largest absolute Gasteiger partial charge is 0.490 e. The number of fused-ring (bicyclic) bond motifs is 1. The van der Waals surface area contributed by atoms with Crippen molar-refractivity contribution in [3.63, 3.8) is 0 Å². The lowest BCUT2D eigenvalue weighted by Crippen LogP contribution is -2.21. The van der Waals surface area contributed by atoms with Gasteiger partial charge in [-0.25, -0.2) is 4.79 Å². The van der Waals surface area contributed by atoms with Crippen molar-refractivity contribution in [1.29, 1.82) is 0 Å². The zero-order valence-electron chi connectivity index (χ0n) is 8.32. The van der Waals surface area contributed by atoms with E-state index in [0.29, 0.717) is 0 Å². The number of rotatable bonds is 0. The molecule has 0 saturated heterocycles. The molecule has 0 bridgehead atoms. The molecular formula is C9H8F3N3O2. The van der Waals surface area contributed by atoms with Crippen molar-refractivity contribution in [1.82, 2.24) is 10.2 Å². The summed E-state index contributed by atoms with van der Waals surface area (Å²) in [6, 6.07) is 5.65. The minimum Gasteiger partial charge on any atom is -0.475 e. The number of halogens is 3. The third-order valence-corrected chi connectivity index (χ3v) is 1.71. The van der Waals surface area contributed by atoms with Crippen LogP contribution in [0.4, 0.5) is 18.9 Å². The molecule has 0 aliphatic carbocycles. The van der Waals surface area contributed by atoms with Gasteiger partial charge >= 0.3 is 12.1 Å². The Bertz CT molecular complexity index is 521. The molecule has 17 heavy (non-hydrogen) atoms. The zero-order valence-corrected chi connectivity index (χ0v) is 8.32. The van der Waals surface area contributed by atoms with Crippen LogP contribution in [0.15, 0.2) is 24.4 Å². The van der Waals surface area contributed by atoms with Gasteiger partial charge in [-0.05, 0) is 18.2 Å². The average molecular weight is 247 g/mol.